The van der Waals surface area contributed by atoms with Crippen molar-refractivity contribution in [3.8, 4) is 0 Å². The average molecular weight is 307 g/mol. The fourth-order valence-corrected chi connectivity index (χ4v) is 2.83. The van der Waals surface area contributed by atoms with E-state index < -0.39 is 0 Å². The Hall–Kier alpha value is -1.89. The van der Waals surface area contributed by atoms with Crippen LogP contribution in [0.5, 0.6) is 0 Å². The molecule has 6 nitrogen and oxygen atoms in total. The van der Waals surface area contributed by atoms with Gasteiger partial charge in [0.1, 0.15) is 16.7 Å². The van der Waals surface area contributed by atoms with Crippen LogP contribution in [0.25, 0.3) is 10.2 Å². The first-order valence-electron chi connectivity index (χ1n) is 7.05. The highest BCUT2D eigenvalue weighted by Crippen LogP contribution is 2.29. The number of carbonyl (C=O) groups excluding carboxylic acids is 1. The molecule has 21 heavy (non-hydrogen) atoms. The number of likely N-dealkylation sites (N-methyl/N-ethyl adjacent to an activating group) is 1. The number of thiophene rings is 1. The van der Waals surface area contributed by atoms with Crippen LogP contribution < -0.4 is 16.0 Å². The van der Waals surface area contributed by atoms with Gasteiger partial charge in [-0.25, -0.2) is 4.98 Å². The molecule has 2 rings (SSSR count). The Morgan fingerprint density at radius 2 is 2.19 bits per heavy atom. The Bertz CT molecular complexity index is 640. The van der Waals surface area contributed by atoms with Crippen LogP contribution in [0.4, 0.5) is 11.8 Å². The Labute approximate surface area is 128 Å². The Kier molecular flexibility index (Phi) is 4.95. The van der Waals surface area contributed by atoms with E-state index in [4.69, 9.17) is 0 Å². The minimum Gasteiger partial charge on any atom is -0.358 e. The fraction of sp³-hybridized carbons (Fsp3) is 0.500. The van der Waals surface area contributed by atoms with Crippen LogP contribution in [0.15, 0.2) is 6.07 Å². The van der Waals surface area contributed by atoms with Gasteiger partial charge >= 0.3 is 0 Å². The molecule has 0 saturated carbocycles. The van der Waals surface area contributed by atoms with Gasteiger partial charge in [-0.15, -0.1) is 11.3 Å². The summed E-state index contributed by atoms with van der Waals surface area (Å²) in [6, 6.07) is 1.69. The number of hydrogen-bond donors (Lipinski definition) is 3. The largest absolute Gasteiger partial charge is 0.358 e. The second-order valence-corrected chi connectivity index (χ2v) is 6.11. The molecule has 0 aliphatic heterocycles. The van der Waals surface area contributed by atoms with Gasteiger partial charge in [-0.1, -0.05) is 6.92 Å². The fourth-order valence-electron chi connectivity index (χ4n) is 1.95. The first-order chi connectivity index (χ1) is 10.0. The molecule has 1 atom stereocenters. The highest BCUT2D eigenvalue weighted by atomic mass is 32.1. The van der Waals surface area contributed by atoms with Gasteiger partial charge in [0.25, 0.3) is 0 Å². The van der Waals surface area contributed by atoms with Gasteiger partial charge in [0.2, 0.25) is 11.9 Å². The van der Waals surface area contributed by atoms with E-state index in [2.05, 4.69) is 32.8 Å². The van der Waals surface area contributed by atoms with E-state index >= 15 is 0 Å². The van der Waals surface area contributed by atoms with Crippen LogP contribution >= 0.6 is 11.3 Å². The van der Waals surface area contributed by atoms with E-state index in [0.29, 0.717) is 11.8 Å². The SMILES string of the molecule is CCCNc1nc(NC(C)C(=O)NC)c2cc(C)sc2n1. The van der Waals surface area contributed by atoms with Crippen molar-refractivity contribution < 1.29 is 4.79 Å². The number of fused-ring (bicyclic) bond motifs is 1. The Balaban J connectivity index is 2.36. The number of aromatic nitrogens is 2. The molecule has 2 aromatic rings. The van der Waals surface area contributed by atoms with Gasteiger partial charge in [0, 0.05) is 18.5 Å². The third-order valence-corrected chi connectivity index (χ3v) is 3.99. The number of aryl methyl sites for hydroxylation is 1. The number of amides is 1. The molecule has 0 saturated heterocycles. The van der Waals surface area contributed by atoms with Crippen molar-refractivity contribution in [3.05, 3.63) is 10.9 Å². The zero-order valence-electron chi connectivity index (χ0n) is 12.8. The number of carbonyl (C=O) groups is 1. The molecule has 7 heteroatoms. The van der Waals surface area contributed by atoms with Crippen molar-refractivity contribution in [1.82, 2.24) is 15.3 Å². The van der Waals surface area contributed by atoms with Gasteiger partial charge in [-0.05, 0) is 26.3 Å². The summed E-state index contributed by atoms with van der Waals surface area (Å²) in [7, 11) is 1.62. The number of nitrogens with zero attached hydrogens (tertiary/aromatic N) is 2. The van der Waals surface area contributed by atoms with Gasteiger partial charge in [-0.2, -0.15) is 4.98 Å². The Morgan fingerprint density at radius 3 is 2.86 bits per heavy atom. The lowest BCUT2D eigenvalue weighted by Gasteiger charge is -2.14. The molecule has 0 radical (unpaired) electrons. The lowest BCUT2D eigenvalue weighted by atomic mass is 10.3. The maximum Gasteiger partial charge on any atom is 0.241 e. The molecule has 0 bridgehead atoms. The topological polar surface area (TPSA) is 78.9 Å². The highest BCUT2D eigenvalue weighted by molar-refractivity contribution is 7.18. The molecule has 0 aromatic carbocycles. The van der Waals surface area contributed by atoms with Crippen LogP contribution in [0.2, 0.25) is 0 Å². The van der Waals surface area contributed by atoms with Crippen molar-refractivity contribution in [3.63, 3.8) is 0 Å². The zero-order valence-corrected chi connectivity index (χ0v) is 13.6. The molecule has 1 unspecified atom stereocenters. The maximum absolute atomic E-state index is 11.7. The van der Waals surface area contributed by atoms with Crippen molar-refractivity contribution >= 4 is 39.2 Å². The van der Waals surface area contributed by atoms with Crippen LogP contribution in [0.1, 0.15) is 25.1 Å². The summed E-state index contributed by atoms with van der Waals surface area (Å²) in [4.78, 5) is 22.8. The summed E-state index contributed by atoms with van der Waals surface area (Å²) in [6.07, 6.45) is 1.00. The van der Waals surface area contributed by atoms with Gasteiger partial charge in [0.05, 0.1) is 5.39 Å². The van der Waals surface area contributed by atoms with E-state index in [0.717, 1.165) is 23.2 Å². The van der Waals surface area contributed by atoms with Gasteiger partial charge in [0.15, 0.2) is 0 Å². The minimum absolute atomic E-state index is 0.0724. The van der Waals surface area contributed by atoms with Crippen molar-refractivity contribution in [2.45, 2.75) is 33.2 Å². The molecule has 0 fully saturated rings. The quantitative estimate of drug-likeness (QED) is 0.763. The van der Waals surface area contributed by atoms with E-state index in [1.165, 1.54) is 4.88 Å². The summed E-state index contributed by atoms with van der Waals surface area (Å²) >= 11 is 1.62. The molecule has 114 valence electrons. The monoisotopic (exact) mass is 307 g/mol. The maximum atomic E-state index is 11.7. The summed E-state index contributed by atoms with van der Waals surface area (Å²) in [5.74, 6) is 1.22. The first-order valence-corrected chi connectivity index (χ1v) is 7.87. The van der Waals surface area contributed by atoms with Crippen LogP contribution in [0.3, 0.4) is 0 Å². The molecule has 2 aromatic heterocycles. The van der Waals surface area contributed by atoms with Gasteiger partial charge < -0.3 is 16.0 Å². The minimum atomic E-state index is -0.354. The normalized spacial score (nSPS) is 12.2. The van der Waals surface area contributed by atoms with Crippen LogP contribution in [-0.2, 0) is 4.79 Å². The third-order valence-electron chi connectivity index (χ3n) is 3.04. The summed E-state index contributed by atoms with van der Waals surface area (Å²) < 4.78 is 0. The lowest BCUT2D eigenvalue weighted by molar-refractivity contribution is -0.121. The standard InChI is InChI=1S/C14H21N5OS/c1-5-6-16-14-18-11(17-9(3)12(20)15-4)10-7-8(2)21-13(10)19-14/h7,9H,5-6H2,1-4H3,(H,15,20)(H2,16,17,18,19). The van der Waals surface area contributed by atoms with Crippen molar-refractivity contribution in [1.29, 1.82) is 0 Å². The third kappa shape index (κ3) is 3.60. The number of nitrogens with one attached hydrogen (secondary N) is 3. The predicted molar refractivity (Wildman–Crippen MR) is 88.1 cm³/mol. The highest BCUT2D eigenvalue weighted by Gasteiger charge is 2.16. The van der Waals surface area contributed by atoms with Crippen molar-refractivity contribution in [2.75, 3.05) is 24.2 Å². The zero-order chi connectivity index (χ0) is 15.4. The molecule has 3 N–H and O–H groups in total. The van der Waals surface area contributed by atoms with Crippen LogP contribution in [0, 0.1) is 6.92 Å². The molecule has 0 aliphatic carbocycles. The van der Waals surface area contributed by atoms with Gasteiger partial charge in [-0.3, -0.25) is 4.79 Å². The van der Waals surface area contributed by atoms with Crippen LogP contribution in [-0.4, -0.2) is 35.5 Å². The Morgan fingerprint density at radius 1 is 1.43 bits per heavy atom. The van der Waals surface area contributed by atoms with E-state index in [1.807, 2.05) is 19.9 Å². The smallest absolute Gasteiger partial charge is 0.241 e. The van der Waals surface area contributed by atoms with E-state index in [1.54, 1.807) is 18.4 Å². The molecule has 0 aliphatic rings. The molecular formula is C14H21N5OS. The number of anilines is 2. The van der Waals surface area contributed by atoms with E-state index in [-0.39, 0.29) is 11.9 Å². The molecule has 2 heterocycles. The summed E-state index contributed by atoms with van der Waals surface area (Å²) in [6.45, 7) is 6.76. The molecule has 0 spiro atoms. The lowest BCUT2D eigenvalue weighted by Crippen LogP contribution is -2.35. The molecule has 1 amide bonds. The second-order valence-electron chi connectivity index (χ2n) is 4.88. The second kappa shape index (κ2) is 6.71. The van der Waals surface area contributed by atoms with Crippen molar-refractivity contribution in [2.24, 2.45) is 0 Å². The first kappa shape index (κ1) is 15.5. The summed E-state index contributed by atoms with van der Waals surface area (Å²) in [5, 5.41) is 9.95. The number of rotatable bonds is 6. The van der Waals surface area contributed by atoms with E-state index in [9.17, 15) is 4.79 Å². The average Bonchev–Trinajstić information content (AvgIpc) is 2.84. The summed E-state index contributed by atoms with van der Waals surface area (Å²) in [5.41, 5.74) is 0. The predicted octanol–water partition coefficient (Wildman–Crippen LogP) is 2.37. The molecular weight excluding hydrogens is 286 g/mol. The number of hydrogen-bond acceptors (Lipinski definition) is 6.